The number of hydrogen-bond donors (Lipinski definition) is 0. The van der Waals surface area contributed by atoms with Gasteiger partial charge in [0.1, 0.15) is 9.77 Å². The predicted molar refractivity (Wildman–Crippen MR) is 62.7 cm³/mol. The van der Waals surface area contributed by atoms with Crippen LogP contribution in [0.15, 0.2) is 10.3 Å². The van der Waals surface area contributed by atoms with Crippen molar-refractivity contribution >= 4 is 37.0 Å². The van der Waals surface area contributed by atoms with E-state index in [-0.39, 0.29) is 16.4 Å². The molecule has 0 atom stereocenters. The SMILES string of the molecule is CCCOC(=O)c1scc(C)c1S(=O)(=O)Cl. The largest absolute Gasteiger partial charge is 0.461 e. The molecule has 0 saturated carbocycles. The van der Waals surface area contributed by atoms with Crippen molar-refractivity contribution in [3.05, 3.63) is 15.8 Å². The Morgan fingerprint density at radius 2 is 2.19 bits per heavy atom. The third-order valence-corrected chi connectivity index (χ3v) is 4.47. The smallest absolute Gasteiger partial charge is 0.349 e. The zero-order valence-corrected chi connectivity index (χ0v) is 11.2. The van der Waals surface area contributed by atoms with Crippen molar-refractivity contribution in [2.45, 2.75) is 25.2 Å². The van der Waals surface area contributed by atoms with E-state index in [4.69, 9.17) is 15.4 Å². The van der Waals surface area contributed by atoms with E-state index in [1.807, 2.05) is 6.92 Å². The molecule has 0 radical (unpaired) electrons. The monoisotopic (exact) mass is 282 g/mol. The molecule has 1 aromatic heterocycles. The summed E-state index contributed by atoms with van der Waals surface area (Å²) in [6.45, 7) is 3.70. The number of ether oxygens (including phenoxy) is 1. The van der Waals surface area contributed by atoms with Crippen LogP contribution in [-0.2, 0) is 13.8 Å². The molecule has 16 heavy (non-hydrogen) atoms. The summed E-state index contributed by atoms with van der Waals surface area (Å²) < 4.78 is 27.4. The van der Waals surface area contributed by atoms with Gasteiger partial charge < -0.3 is 4.74 Å². The highest BCUT2D eigenvalue weighted by Crippen LogP contribution is 2.30. The normalized spacial score (nSPS) is 11.4. The number of rotatable bonds is 4. The fraction of sp³-hybridized carbons (Fsp3) is 0.444. The number of carbonyl (C=O) groups is 1. The number of thiophene rings is 1. The van der Waals surface area contributed by atoms with Crippen molar-refractivity contribution in [3.8, 4) is 0 Å². The Morgan fingerprint density at radius 1 is 1.56 bits per heavy atom. The molecule has 0 aromatic carbocycles. The molecule has 1 heterocycles. The van der Waals surface area contributed by atoms with E-state index in [1.54, 1.807) is 12.3 Å². The number of aryl methyl sites for hydroxylation is 1. The van der Waals surface area contributed by atoms with Gasteiger partial charge in [-0.3, -0.25) is 0 Å². The summed E-state index contributed by atoms with van der Waals surface area (Å²) in [5.74, 6) is -0.640. The van der Waals surface area contributed by atoms with Gasteiger partial charge in [0.15, 0.2) is 0 Å². The lowest BCUT2D eigenvalue weighted by Crippen LogP contribution is -2.08. The Hall–Kier alpha value is -0.590. The van der Waals surface area contributed by atoms with E-state index >= 15 is 0 Å². The van der Waals surface area contributed by atoms with Crippen LogP contribution >= 0.6 is 22.0 Å². The summed E-state index contributed by atoms with van der Waals surface area (Å²) in [5.41, 5.74) is 0.462. The van der Waals surface area contributed by atoms with Crippen LogP contribution in [0.25, 0.3) is 0 Å². The molecule has 0 unspecified atom stereocenters. The molecular formula is C9H11ClO4S2. The van der Waals surface area contributed by atoms with Gasteiger partial charge in [-0.2, -0.15) is 0 Å². The van der Waals surface area contributed by atoms with Gasteiger partial charge in [-0.15, -0.1) is 11.3 Å². The second-order valence-electron chi connectivity index (χ2n) is 3.15. The molecule has 1 rings (SSSR count). The first-order chi connectivity index (χ1) is 7.38. The van der Waals surface area contributed by atoms with Crippen LogP contribution in [0.5, 0.6) is 0 Å². The first-order valence-corrected chi connectivity index (χ1v) is 7.76. The molecule has 4 nitrogen and oxygen atoms in total. The van der Waals surface area contributed by atoms with Gasteiger partial charge in [-0.1, -0.05) is 6.92 Å². The van der Waals surface area contributed by atoms with Crippen LogP contribution < -0.4 is 0 Å². The third-order valence-electron chi connectivity index (χ3n) is 1.78. The number of carbonyl (C=O) groups excluding carboxylic acids is 1. The quantitative estimate of drug-likeness (QED) is 0.629. The Labute approximate surface area is 103 Å². The molecule has 0 bridgehead atoms. The van der Waals surface area contributed by atoms with E-state index in [0.717, 1.165) is 11.3 Å². The maximum Gasteiger partial charge on any atom is 0.349 e. The average molecular weight is 283 g/mol. The molecule has 7 heteroatoms. The standard InChI is InChI=1S/C9H11ClO4S2/c1-3-4-14-9(11)7-8(16(10,12)13)6(2)5-15-7/h5H,3-4H2,1-2H3. The summed E-state index contributed by atoms with van der Waals surface area (Å²) >= 11 is 1.02. The van der Waals surface area contributed by atoms with Crippen LogP contribution in [-0.4, -0.2) is 21.0 Å². The van der Waals surface area contributed by atoms with Crippen molar-refractivity contribution in [3.63, 3.8) is 0 Å². The predicted octanol–water partition coefficient (Wildman–Crippen LogP) is 2.55. The van der Waals surface area contributed by atoms with Crippen LogP contribution in [0.2, 0.25) is 0 Å². The van der Waals surface area contributed by atoms with E-state index in [2.05, 4.69) is 0 Å². The minimum absolute atomic E-state index is 0.0425. The average Bonchev–Trinajstić information content (AvgIpc) is 2.56. The Morgan fingerprint density at radius 3 is 2.69 bits per heavy atom. The van der Waals surface area contributed by atoms with Crippen molar-refractivity contribution in [1.82, 2.24) is 0 Å². The molecule has 0 aliphatic rings. The lowest BCUT2D eigenvalue weighted by Gasteiger charge is -2.02. The van der Waals surface area contributed by atoms with Crippen molar-refractivity contribution < 1.29 is 17.9 Å². The molecule has 90 valence electrons. The molecule has 0 aliphatic carbocycles. The highest BCUT2D eigenvalue weighted by Gasteiger charge is 2.26. The van der Waals surface area contributed by atoms with Gasteiger partial charge in [0.05, 0.1) is 6.61 Å². The fourth-order valence-electron chi connectivity index (χ4n) is 1.14. The highest BCUT2D eigenvalue weighted by atomic mass is 35.7. The van der Waals surface area contributed by atoms with Crippen LogP contribution in [0.4, 0.5) is 0 Å². The summed E-state index contributed by atoms with van der Waals surface area (Å²) in [6, 6.07) is 0. The van der Waals surface area contributed by atoms with Gasteiger partial charge in [0.25, 0.3) is 9.05 Å². The van der Waals surface area contributed by atoms with Crippen molar-refractivity contribution in [1.29, 1.82) is 0 Å². The number of esters is 1. The van der Waals surface area contributed by atoms with Crippen molar-refractivity contribution in [2.75, 3.05) is 6.61 Å². The molecule has 0 saturated heterocycles. The highest BCUT2D eigenvalue weighted by molar-refractivity contribution is 8.14. The second kappa shape index (κ2) is 5.16. The number of halogens is 1. The lowest BCUT2D eigenvalue weighted by molar-refractivity contribution is 0.0506. The maximum atomic E-state index is 11.5. The fourth-order valence-corrected chi connectivity index (χ4v) is 4.00. The van der Waals surface area contributed by atoms with Crippen LogP contribution in [0.1, 0.15) is 28.6 Å². The first-order valence-electron chi connectivity index (χ1n) is 4.57. The van der Waals surface area contributed by atoms with Crippen molar-refractivity contribution in [2.24, 2.45) is 0 Å². The first kappa shape index (κ1) is 13.5. The molecule has 0 fully saturated rings. The van der Waals surface area contributed by atoms with Gasteiger partial charge >= 0.3 is 5.97 Å². The van der Waals surface area contributed by atoms with Gasteiger partial charge in [-0.05, 0) is 24.3 Å². The third kappa shape index (κ3) is 2.96. The zero-order chi connectivity index (χ0) is 12.3. The van der Waals surface area contributed by atoms with E-state index in [0.29, 0.717) is 12.0 Å². The Kier molecular flexibility index (Phi) is 4.35. The second-order valence-corrected chi connectivity index (χ2v) is 6.53. The topological polar surface area (TPSA) is 60.4 Å². The Bertz CT molecular complexity index is 490. The van der Waals surface area contributed by atoms with E-state index < -0.39 is 15.0 Å². The minimum Gasteiger partial charge on any atom is -0.461 e. The molecule has 0 amide bonds. The van der Waals surface area contributed by atoms with E-state index in [1.165, 1.54) is 0 Å². The summed E-state index contributed by atoms with van der Waals surface area (Å²) in [4.78, 5) is 11.5. The summed E-state index contributed by atoms with van der Waals surface area (Å²) in [6.07, 6.45) is 0.680. The molecular weight excluding hydrogens is 272 g/mol. The zero-order valence-electron chi connectivity index (χ0n) is 8.82. The summed E-state index contributed by atoms with van der Waals surface area (Å²) in [7, 11) is 1.35. The maximum absolute atomic E-state index is 11.5. The number of hydrogen-bond acceptors (Lipinski definition) is 5. The minimum atomic E-state index is -3.91. The van der Waals surface area contributed by atoms with Crippen LogP contribution in [0, 0.1) is 6.92 Å². The Balaban J connectivity index is 3.11. The van der Waals surface area contributed by atoms with Gasteiger partial charge in [0.2, 0.25) is 0 Å². The molecule has 0 spiro atoms. The molecule has 1 aromatic rings. The lowest BCUT2D eigenvalue weighted by atomic mass is 10.3. The van der Waals surface area contributed by atoms with Gasteiger partial charge in [-0.25, -0.2) is 13.2 Å². The summed E-state index contributed by atoms with van der Waals surface area (Å²) in [5, 5.41) is 1.57. The molecule has 0 aliphatic heterocycles. The van der Waals surface area contributed by atoms with Crippen LogP contribution in [0.3, 0.4) is 0 Å². The van der Waals surface area contributed by atoms with E-state index in [9.17, 15) is 13.2 Å². The van der Waals surface area contributed by atoms with Gasteiger partial charge in [0, 0.05) is 10.7 Å². The molecule has 0 N–H and O–H groups in total.